The first kappa shape index (κ1) is 10.3. The number of hydrogen-bond donors (Lipinski definition) is 1. The van der Waals surface area contributed by atoms with Crippen molar-refractivity contribution in [1.82, 2.24) is 0 Å². The summed E-state index contributed by atoms with van der Waals surface area (Å²) in [6.45, 7) is 5.23. The van der Waals surface area contributed by atoms with Gasteiger partial charge in [0.2, 0.25) is 0 Å². The molecule has 0 aliphatic carbocycles. The van der Waals surface area contributed by atoms with E-state index in [-0.39, 0.29) is 0 Å². The van der Waals surface area contributed by atoms with Crippen LogP contribution in [0.5, 0.6) is 0 Å². The average molecular weight is 141 g/mol. The molecule has 3 heteroatoms. The SMILES string of the molecule is CC(C)(C)O.[O]=[V]. The maximum absolute atomic E-state index is 8.52. The normalized spacial score (nSPS) is 9.00. The Hall–Kier alpha value is 0.344. The minimum absolute atomic E-state index is 0.500. The molecule has 0 atom stereocenters. The molecule has 1 N–H and O–H groups in total. The van der Waals surface area contributed by atoms with Gasteiger partial charge in [0.15, 0.2) is 0 Å². The molecule has 7 heavy (non-hydrogen) atoms. The molecule has 0 saturated carbocycles. The van der Waals surface area contributed by atoms with Crippen LogP contribution in [0.2, 0.25) is 0 Å². The summed E-state index contributed by atoms with van der Waals surface area (Å²) in [5, 5.41) is 8.52. The fourth-order valence-corrected chi connectivity index (χ4v) is 0. The first-order valence-corrected chi connectivity index (χ1v) is 2.48. The first-order valence-electron chi connectivity index (χ1n) is 1.91. The fraction of sp³-hybridized carbons (Fsp3) is 1.00. The summed E-state index contributed by atoms with van der Waals surface area (Å²) in [5.74, 6) is 0. The molecule has 0 saturated heterocycles. The molecule has 0 unspecified atom stereocenters. The predicted octanol–water partition coefficient (Wildman–Crippen LogP) is 0.656. The molecule has 0 bridgehead atoms. The Bertz CT molecular complexity index is 33.4. The van der Waals surface area contributed by atoms with Crippen molar-refractivity contribution in [3.63, 3.8) is 0 Å². The van der Waals surface area contributed by atoms with Crippen LogP contribution in [-0.4, -0.2) is 10.7 Å². The summed E-state index contributed by atoms with van der Waals surface area (Å²) >= 11 is 1.06. The second kappa shape index (κ2) is 4.50. The van der Waals surface area contributed by atoms with Crippen molar-refractivity contribution in [1.29, 1.82) is 0 Å². The van der Waals surface area contributed by atoms with Crippen LogP contribution in [0.25, 0.3) is 0 Å². The number of rotatable bonds is 0. The third kappa shape index (κ3) is 1010. The van der Waals surface area contributed by atoms with Crippen LogP contribution < -0.4 is 0 Å². The third-order valence-electron chi connectivity index (χ3n) is 0. The number of aliphatic hydroxyl groups is 1. The van der Waals surface area contributed by atoms with Gasteiger partial charge < -0.3 is 5.11 Å². The van der Waals surface area contributed by atoms with Crippen LogP contribution in [0.1, 0.15) is 20.8 Å². The van der Waals surface area contributed by atoms with E-state index in [1.807, 2.05) is 0 Å². The molecule has 43 valence electrons. The zero-order valence-electron chi connectivity index (χ0n) is 4.80. The van der Waals surface area contributed by atoms with Gasteiger partial charge in [-0.15, -0.1) is 0 Å². The van der Waals surface area contributed by atoms with Crippen molar-refractivity contribution in [2.45, 2.75) is 26.4 Å². The van der Waals surface area contributed by atoms with Gasteiger partial charge in [-0.25, -0.2) is 0 Å². The van der Waals surface area contributed by atoms with Gasteiger partial charge in [0, 0.05) is 0 Å². The van der Waals surface area contributed by atoms with E-state index in [1.54, 1.807) is 20.8 Å². The van der Waals surface area contributed by atoms with Gasteiger partial charge in [0.1, 0.15) is 0 Å². The molecule has 0 aromatic rings. The molecule has 0 rings (SSSR count). The van der Waals surface area contributed by atoms with Gasteiger partial charge >= 0.3 is 21.0 Å². The summed E-state index contributed by atoms with van der Waals surface area (Å²) < 4.78 is 8.19. The van der Waals surface area contributed by atoms with Gasteiger partial charge in [0.05, 0.1) is 5.60 Å². The zero-order valence-corrected chi connectivity index (χ0v) is 6.20. The second-order valence-electron chi connectivity index (χ2n) is 2.17. The van der Waals surface area contributed by atoms with Crippen LogP contribution >= 0.6 is 0 Å². The summed E-state index contributed by atoms with van der Waals surface area (Å²) in [6.07, 6.45) is 0. The van der Waals surface area contributed by atoms with E-state index in [9.17, 15) is 0 Å². The van der Waals surface area contributed by atoms with Crippen LogP contribution in [0.4, 0.5) is 0 Å². The van der Waals surface area contributed by atoms with Crippen molar-refractivity contribution in [2.24, 2.45) is 0 Å². The summed E-state index contributed by atoms with van der Waals surface area (Å²) in [7, 11) is 0. The Balaban J connectivity index is 0. The molecule has 0 aliphatic rings. The standard InChI is InChI=1S/C4H10O.O.V/c1-4(2,3)5;;/h5H,1-3H3;;. The summed E-state index contributed by atoms with van der Waals surface area (Å²) in [5.41, 5.74) is -0.500. The molecule has 2 nitrogen and oxygen atoms in total. The van der Waals surface area contributed by atoms with Gasteiger partial charge in [-0.3, -0.25) is 0 Å². The molecule has 0 spiro atoms. The Morgan fingerprint density at radius 1 is 1.29 bits per heavy atom. The fourth-order valence-electron chi connectivity index (χ4n) is 0. The van der Waals surface area contributed by atoms with Gasteiger partial charge in [-0.2, -0.15) is 0 Å². The summed E-state index contributed by atoms with van der Waals surface area (Å²) in [4.78, 5) is 0. The minimum atomic E-state index is -0.500. The van der Waals surface area contributed by atoms with Crippen molar-refractivity contribution < 1.29 is 26.1 Å². The Morgan fingerprint density at radius 3 is 1.29 bits per heavy atom. The molecular formula is C4H10O2V. The second-order valence-corrected chi connectivity index (χ2v) is 2.17. The van der Waals surface area contributed by atoms with Crippen molar-refractivity contribution in [2.75, 3.05) is 0 Å². The van der Waals surface area contributed by atoms with E-state index in [4.69, 9.17) is 8.78 Å². The van der Waals surface area contributed by atoms with E-state index in [0.717, 1.165) is 17.4 Å². The van der Waals surface area contributed by atoms with Crippen LogP contribution in [-0.2, 0) is 21.0 Å². The van der Waals surface area contributed by atoms with Crippen LogP contribution in [0.15, 0.2) is 0 Å². The molecule has 0 radical (unpaired) electrons. The van der Waals surface area contributed by atoms with E-state index in [2.05, 4.69) is 0 Å². The molecule has 0 aromatic heterocycles. The summed E-state index contributed by atoms with van der Waals surface area (Å²) in [6, 6.07) is 0. The first-order chi connectivity index (χ1) is 3.00. The Labute approximate surface area is 53.1 Å². The van der Waals surface area contributed by atoms with E-state index in [1.165, 1.54) is 0 Å². The Kier molecular flexibility index (Phi) is 6.66. The Morgan fingerprint density at radius 2 is 1.29 bits per heavy atom. The van der Waals surface area contributed by atoms with Crippen molar-refractivity contribution in [3.05, 3.63) is 0 Å². The van der Waals surface area contributed by atoms with E-state index < -0.39 is 5.60 Å². The van der Waals surface area contributed by atoms with Crippen LogP contribution in [0, 0.1) is 0 Å². The quantitative estimate of drug-likeness (QED) is 0.537. The molecule has 0 fully saturated rings. The van der Waals surface area contributed by atoms with Crippen molar-refractivity contribution >= 4 is 0 Å². The molecule has 0 aliphatic heterocycles. The van der Waals surface area contributed by atoms with Gasteiger partial charge in [-0.05, 0) is 20.8 Å². The zero-order chi connectivity index (χ0) is 6.50. The maximum atomic E-state index is 8.52. The molecule has 0 aromatic carbocycles. The molecular weight excluding hydrogens is 131 g/mol. The third-order valence-corrected chi connectivity index (χ3v) is 0. The monoisotopic (exact) mass is 141 g/mol. The number of hydrogen-bond acceptors (Lipinski definition) is 2. The topological polar surface area (TPSA) is 37.3 Å². The van der Waals surface area contributed by atoms with Crippen molar-refractivity contribution in [3.8, 4) is 0 Å². The molecule has 0 amide bonds. The van der Waals surface area contributed by atoms with E-state index >= 15 is 0 Å². The van der Waals surface area contributed by atoms with E-state index in [0.29, 0.717) is 0 Å². The predicted molar refractivity (Wildman–Crippen MR) is 22.7 cm³/mol. The molecule has 0 heterocycles. The average Bonchev–Trinajstić information content (AvgIpc) is 1.36. The van der Waals surface area contributed by atoms with Crippen LogP contribution in [0.3, 0.4) is 0 Å². The van der Waals surface area contributed by atoms with Gasteiger partial charge in [-0.1, -0.05) is 0 Å². The van der Waals surface area contributed by atoms with Gasteiger partial charge in [0.25, 0.3) is 0 Å².